The first-order valence-corrected chi connectivity index (χ1v) is 8.61. The summed E-state index contributed by atoms with van der Waals surface area (Å²) in [6.45, 7) is 3.28. The molecule has 1 saturated heterocycles. The maximum Gasteiger partial charge on any atom is 0.253 e. The lowest BCUT2D eigenvalue weighted by molar-refractivity contribution is 0.0929. The monoisotopic (exact) mass is 343 g/mol. The topological polar surface area (TPSA) is 65.2 Å². The van der Waals surface area contributed by atoms with Crippen LogP contribution in [0.2, 0.25) is 0 Å². The quantitative estimate of drug-likeness (QED) is 0.896. The lowest BCUT2D eigenvalue weighted by Crippen LogP contribution is -2.45. The highest BCUT2D eigenvalue weighted by Crippen LogP contribution is 2.23. The molecule has 0 radical (unpaired) electrons. The number of aromatic amines is 1. The van der Waals surface area contributed by atoms with Crippen LogP contribution in [0.5, 0.6) is 0 Å². The van der Waals surface area contributed by atoms with Gasteiger partial charge in [-0.1, -0.05) is 19.1 Å². The van der Waals surface area contributed by atoms with E-state index < -0.39 is 0 Å². The summed E-state index contributed by atoms with van der Waals surface area (Å²) in [6.07, 6.45) is 2.10. The van der Waals surface area contributed by atoms with Crippen molar-refractivity contribution in [3.8, 4) is 0 Å². The van der Waals surface area contributed by atoms with Crippen molar-refractivity contribution in [2.45, 2.75) is 32.2 Å². The van der Waals surface area contributed by atoms with Crippen LogP contribution < -0.4 is 15.8 Å². The number of halogens is 1. The molecule has 2 N–H and O–H groups in total. The molecule has 2 aromatic rings. The van der Waals surface area contributed by atoms with Gasteiger partial charge >= 0.3 is 0 Å². The van der Waals surface area contributed by atoms with Gasteiger partial charge in [0.25, 0.3) is 5.91 Å². The van der Waals surface area contributed by atoms with Gasteiger partial charge in [-0.3, -0.25) is 9.59 Å². The smallest absolute Gasteiger partial charge is 0.253 e. The minimum Gasteiger partial charge on any atom is -0.369 e. The molecule has 0 saturated carbocycles. The molecule has 5 nitrogen and oxygen atoms in total. The third kappa shape index (κ3) is 3.90. The summed E-state index contributed by atoms with van der Waals surface area (Å²) in [6, 6.07) is 9.74. The minimum absolute atomic E-state index is 0.0483. The summed E-state index contributed by atoms with van der Waals surface area (Å²) < 4.78 is 13.9. The van der Waals surface area contributed by atoms with Crippen molar-refractivity contribution in [1.29, 1.82) is 0 Å². The van der Waals surface area contributed by atoms with Gasteiger partial charge < -0.3 is 15.2 Å². The number of benzene rings is 1. The van der Waals surface area contributed by atoms with Crippen LogP contribution in [-0.2, 0) is 6.42 Å². The van der Waals surface area contributed by atoms with E-state index in [0.29, 0.717) is 36.5 Å². The van der Waals surface area contributed by atoms with Crippen LogP contribution in [0.4, 0.5) is 10.1 Å². The van der Waals surface area contributed by atoms with E-state index in [9.17, 15) is 14.0 Å². The van der Waals surface area contributed by atoms with Crippen molar-refractivity contribution in [1.82, 2.24) is 10.3 Å². The summed E-state index contributed by atoms with van der Waals surface area (Å²) >= 11 is 0. The van der Waals surface area contributed by atoms with E-state index in [0.717, 1.165) is 12.8 Å². The van der Waals surface area contributed by atoms with E-state index in [1.165, 1.54) is 12.1 Å². The Labute approximate surface area is 145 Å². The molecular formula is C19H22FN3O2. The van der Waals surface area contributed by atoms with Crippen molar-refractivity contribution < 1.29 is 9.18 Å². The van der Waals surface area contributed by atoms with Crippen molar-refractivity contribution in [3.05, 3.63) is 63.8 Å². The standard InChI is InChI=1S/C19H22FN3O2/c1-2-16-14(7-8-18(24)22-16)19(25)21-13-9-11-23(12-10-13)17-6-4-3-5-15(17)20/h3-8,13H,2,9-12H2,1H3,(H,21,25)(H,22,24). The number of aryl methyl sites for hydroxylation is 1. The summed E-state index contributed by atoms with van der Waals surface area (Å²) in [7, 11) is 0. The number of para-hydroxylation sites is 1. The van der Waals surface area contributed by atoms with E-state index in [1.54, 1.807) is 18.2 Å². The summed E-state index contributed by atoms with van der Waals surface area (Å²) in [5.74, 6) is -0.386. The normalized spacial score (nSPS) is 15.2. The van der Waals surface area contributed by atoms with Crippen LogP contribution in [0.3, 0.4) is 0 Å². The zero-order valence-corrected chi connectivity index (χ0v) is 14.2. The number of amides is 1. The molecule has 0 aliphatic carbocycles. The van der Waals surface area contributed by atoms with E-state index in [1.807, 2.05) is 17.9 Å². The number of nitrogens with zero attached hydrogens (tertiary/aromatic N) is 1. The van der Waals surface area contributed by atoms with Crippen LogP contribution >= 0.6 is 0 Å². The van der Waals surface area contributed by atoms with Gasteiger partial charge in [0.15, 0.2) is 0 Å². The minimum atomic E-state index is -0.217. The molecule has 132 valence electrons. The third-order valence-electron chi connectivity index (χ3n) is 4.62. The number of pyridine rings is 1. The van der Waals surface area contributed by atoms with E-state index in [-0.39, 0.29) is 23.3 Å². The Balaban J connectivity index is 1.62. The number of hydrogen-bond acceptors (Lipinski definition) is 3. The predicted molar refractivity (Wildman–Crippen MR) is 95.5 cm³/mol. The number of piperidine rings is 1. The zero-order valence-electron chi connectivity index (χ0n) is 14.2. The molecular weight excluding hydrogens is 321 g/mol. The predicted octanol–water partition coefficient (Wildman–Crippen LogP) is 2.48. The number of hydrogen-bond donors (Lipinski definition) is 2. The highest BCUT2D eigenvalue weighted by Gasteiger charge is 2.23. The second-order valence-electron chi connectivity index (χ2n) is 6.25. The van der Waals surface area contributed by atoms with Crippen molar-refractivity contribution in [2.24, 2.45) is 0 Å². The number of nitrogens with one attached hydrogen (secondary N) is 2. The van der Waals surface area contributed by atoms with Gasteiger partial charge in [0, 0.05) is 30.9 Å². The lowest BCUT2D eigenvalue weighted by Gasteiger charge is -2.34. The molecule has 0 unspecified atom stereocenters. The number of aromatic nitrogens is 1. The van der Waals surface area contributed by atoms with Crippen molar-refractivity contribution in [3.63, 3.8) is 0 Å². The average Bonchev–Trinajstić information content (AvgIpc) is 2.62. The Morgan fingerprint density at radius 3 is 2.64 bits per heavy atom. The van der Waals surface area contributed by atoms with Gasteiger partial charge in [0.05, 0.1) is 11.3 Å². The molecule has 1 fully saturated rings. The molecule has 0 atom stereocenters. The van der Waals surface area contributed by atoms with Crippen LogP contribution in [0, 0.1) is 5.82 Å². The number of anilines is 1. The second-order valence-corrected chi connectivity index (χ2v) is 6.25. The number of carbonyl (C=O) groups excluding carboxylic acids is 1. The number of carbonyl (C=O) groups is 1. The number of rotatable bonds is 4. The molecule has 1 aliphatic rings. The van der Waals surface area contributed by atoms with Gasteiger partial charge in [0.1, 0.15) is 5.82 Å². The zero-order chi connectivity index (χ0) is 17.8. The summed E-state index contributed by atoms with van der Waals surface area (Å²) in [5, 5.41) is 3.03. The Hall–Kier alpha value is -2.63. The van der Waals surface area contributed by atoms with Gasteiger partial charge in [0.2, 0.25) is 5.56 Å². The lowest BCUT2D eigenvalue weighted by atomic mass is 10.0. The van der Waals surface area contributed by atoms with E-state index >= 15 is 0 Å². The molecule has 1 aromatic heterocycles. The Morgan fingerprint density at radius 2 is 1.96 bits per heavy atom. The van der Waals surface area contributed by atoms with Gasteiger partial charge in [-0.25, -0.2) is 4.39 Å². The fourth-order valence-corrected chi connectivity index (χ4v) is 3.24. The Morgan fingerprint density at radius 1 is 1.24 bits per heavy atom. The SMILES string of the molecule is CCc1[nH]c(=O)ccc1C(=O)NC1CCN(c2ccccc2F)CC1. The number of H-pyrrole nitrogens is 1. The molecule has 6 heteroatoms. The maximum atomic E-state index is 13.9. The molecule has 3 rings (SSSR count). The summed E-state index contributed by atoms with van der Waals surface area (Å²) in [5.41, 5.74) is 1.57. The second kappa shape index (κ2) is 7.51. The highest BCUT2D eigenvalue weighted by atomic mass is 19.1. The first kappa shape index (κ1) is 17.2. The van der Waals surface area contributed by atoms with Gasteiger partial charge in [-0.2, -0.15) is 0 Å². The highest BCUT2D eigenvalue weighted by molar-refractivity contribution is 5.95. The molecule has 1 aromatic carbocycles. The summed E-state index contributed by atoms with van der Waals surface area (Å²) in [4.78, 5) is 28.6. The fraction of sp³-hybridized carbons (Fsp3) is 0.368. The fourth-order valence-electron chi connectivity index (χ4n) is 3.24. The van der Waals surface area contributed by atoms with Crippen molar-refractivity contribution in [2.75, 3.05) is 18.0 Å². The largest absolute Gasteiger partial charge is 0.369 e. The average molecular weight is 343 g/mol. The molecule has 0 bridgehead atoms. The van der Waals surface area contributed by atoms with Crippen LogP contribution in [-0.4, -0.2) is 30.0 Å². The van der Waals surface area contributed by atoms with Gasteiger partial charge in [-0.15, -0.1) is 0 Å². The maximum absolute atomic E-state index is 13.9. The Kier molecular flexibility index (Phi) is 5.16. The molecule has 2 heterocycles. The first-order valence-electron chi connectivity index (χ1n) is 8.61. The van der Waals surface area contributed by atoms with Crippen LogP contribution in [0.15, 0.2) is 41.2 Å². The van der Waals surface area contributed by atoms with Gasteiger partial charge in [-0.05, 0) is 37.5 Å². The third-order valence-corrected chi connectivity index (χ3v) is 4.62. The van der Waals surface area contributed by atoms with E-state index in [4.69, 9.17) is 0 Å². The molecule has 1 amide bonds. The van der Waals surface area contributed by atoms with E-state index in [2.05, 4.69) is 10.3 Å². The van der Waals surface area contributed by atoms with Crippen LogP contribution in [0.25, 0.3) is 0 Å². The molecule has 0 spiro atoms. The molecule has 25 heavy (non-hydrogen) atoms. The van der Waals surface area contributed by atoms with Crippen LogP contribution in [0.1, 0.15) is 35.8 Å². The van der Waals surface area contributed by atoms with Crippen molar-refractivity contribution >= 4 is 11.6 Å². The molecule has 1 aliphatic heterocycles. The Bertz CT molecular complexity index is 810. The first-order chi connectivity index (χ1) is 12.1.